The largest absolute Gasteiger partial charge is 0.136 e. The van der Waals surface area contributed by atoms with Crippen molar-refractivity contribution in [1.82, 2.24) is 0 Å². The Bertz CT molecular complexity index is 510. The molecule has 1 heterocycles. The van der Waals surface area contributed by atoms with Crippen molar-refractivity contribution in [3.05, 3.63) is 40.8 Å². The van der Waals surface area contributed by atoms with Crippen molar-refractivity contribution in [1.29, 1.82) is 0 Å². The van der Waals surface area contributed by atoms with Crippen LogP contribution >= 0.6 is 27.3 Å². The fourth-order valence-corrected chi connectivity index (χ4v) is 3.54. The zero-order chi connectivity index (χ0) is 9.54. The lowest BCUT2D eigenvalue weighted by Gasteiger charge is -2.10. The molecule has 0 saturated carbocycles. The number of benzene rings is 1. The molecule has 0 radical (unpaired) electrons. The summed E-state index contributed by atoms with van der Waals surface area (Å²) in [5.41, 5.74) is 1.51. The number of fused-ring (bicyclic) bond motifs is 3. The first-order chi connectivity index (χ1) is 6.84. The van der Waals surface area contributed by atoms with Gasteiger partial charge in [-0.15, -0.1) is 11.3 Å². The van der Waals surface area contributed by atoms with Gasteiger partial charge in [-0.1, -0.05) is 40.2 Å². The van der Waals surface area contributed by atoms with Gasteiger partial charge < -0.3 is 0 Å². The third kappa shape index (κ3) is 1.25. The van der Waals surface area contributed by atoms with Crippen molar-refractivity contribution in [2.75, 3.05) is 0 Å². The molecular formula is C12H9BrS. The van der Waals surface area contributed by atoms with E-state index < -0.39 is 0 Å². The smallest absolute Gasteiger partial charge is 0.0370 e. The highest BCUT2D eigenvalue weighted by Gasteiger charge is 2.16. The minimum atomic E-state index is 0.507. The van der Waals surface area contributed by atoms with Gasteiger partial charge in [-0.05, 0) is 29.5 Å². The summed E-state index contributed by atoms with van der Waals surface area (Å²) in [6.45, 7) is 0. The van der Waals surface area contributed by atoms with Crippen LogP contribution in [0.4, 0.5) is 0 Å². The van der Waals surface area contributed by atoms with Crippen molar-refractivity contribution in [3.63, 3.8) is 0 Å². The Morgan fingerprint density at radius 3 is 3.07 bits per heavy atom. The Kier molecular flexibility index (Phi) is 1.99. The van der Waals surface area contributed by atoms with Gasteiger partial charge in [-0.2, -0.15) is 0 Å². The maximum Gasteiger partial charge on any atom is 0.0370 e. The highest BCUT2D eigenvalue weighted by Crippen LogP contribution is 2.36. The third-order valence-electron chi connectivity index (χ3n) is 2.59. The van der Waals surface area contributed by atoms with Gasteiger partial charge in [0.25, 0.3) is 0 Å². The molecule has 0 bridgehead atoms. The van der Waals surface area contributed by atoms with Crippen molar-refractivity contribution < 1.29 is 0 Å². The summed E-state index contributed by atoms with van der Waals surface area (Å²) in [5, 5.41) is 1.43. The summed E-state index contributed by atoms with van der Waals surface area (Å²) in [5.74, 6) is 0. The van der Waals surface area contributed by atoms with E-state index in [2.05, 4.69) is 52.3 Å². The van der Waals surface area contributed by atoms with Crippen LogP contribution in [0, 0.1) is 0 Å². The monoisotopic (exact) mass is 264 g/mol. The summed E-state index contributed by atoms with van der Waals surface area (Å²) < 4.78 is 1.41. The number of halogens is 1. The summed E-state index contributed by atoms with van der Waals surface area (Å²) in [6, 6.07) is 8.66. The molecule has 1 aromatic carbocycles. The molecule has 3 rings (SSSR count). The van der Waals surface area contributed by atoms with Gasteiger partial charge in [0.2, 0.25) is 0 Å². The summed E-state index contributed by atoms with van der Waals surface area (Å²) in [7, 11) is 0. The van der Waals surface area contributed by atoms with E-state index in [1.807, 2.05) is 11.3 Å². The van der Waals surface area contributed by atoms with Gasteiger partial charge in [0.15, 0.2) is 0 Å². The number of hydrogen-bond acceptors (Lipinski definition) is 1. The molecule has 0 fully saturated rings. The van der Waals surface area contributed by atoms with Crippen LogP contribution in [0.1, 0.15) is 10.4 Å². The predicted octanol–water partition coefficient (Wildman–Crippen LogP) is 4.23. The molecule has 0 amide bonds. The first-order valence-electron chi connectivity index (χ1n) is 4.67. The van der Waals surface area contributed by atoms with Crippen LogP contribution < -0.4 is 0 Å². The minimum Gasteiger partial charge on any atom is -0.136 e. The molecule has 0 N–H and O–H groups in total. The van der Waals surface area contributed by atoms with Crippen LogP contribution in [0.3, 0.4) is 0 Å². The van der Waals surface area contributed by atoms with Gasteiger partial charge in [0.05, 0.1) is 0 Å². The quantitative estimate of drug-likeness (QED) is 0.625. The maximum absolute atomic E-state index is 3.65. The van der Waals surface area contributed by atoms with E-state index in [-0.39, 0.29) is 0 Å². The summed E-state index contributed by atoms with van der Waals surface area (Å²) >= 11 is 5.54. The molecule has 1 aromatic heterocycles. The molecule has 2 heteroatoms. The minimum absolute atomic E-state index is 0.507. The van der Waals surface area contributed by atoms with E-state index in [0.717, 1.165) is 6.42 Å². The Balaban J connectivity index is 2.32. The number of hydrogen-bond donors (Lipinski definition) is 0. The lowest BCUT2D eigenvalue weighted by molar-refractivity contribution is 1.04. The van der Waals surface area contributed by atoms with Crippen LogP contribution in [-0.4, -0.2) is 4.83 Å². The van der Waals surface area contributed by atoms with Crippen molar-refractivity contribution in [2.24, 2.45) is 0 Å². The van der Waals surface area contributed by atoms with Gasteiger partial charge in [-0.25, -0.2) is 0 Å². The van der Waals surface area contributed by atoms with Gasteiger partial charge in [0, 0.05) is 14.4 Å². The van der Waals surface area contributed by atoms with Crippen molar-refractivity contribution >= 4 is 43.4 Å². The molecule has 2 aromatic rings. The number of thiophene rings is 1. The van der Waals surface area contributed by atoms with Gasteiger partial charge in [0.1, 0.15) is 0 Å². The van der Waals surface area contributed by atoms with E-state index in [9.17, 15) is 0 Å². The first-order valence-corrected chi connectivity index (χ1v) is 6.40. The second-order valence-electron chi connectivity index (χ2n) is 3.52. The number of alkyl halides is 1. The fraction of sp³-hybridized carbons (Fsp3) is 0.167. The van der Waals surface area contributed by atoms with Crippen molar-refractivity contribution in [3.8, 4) is 0 Å². The molecule has 1 aliphatic carbocycles. The van der Waals surface area contributed by atoms with E-state index >= 15 is 0 Å². The summed E-state index contributed by atoms with van der Waals surface area (Å²) in [6.07, 6.45) is 5.59. The zero-order valence-corrected chi connectivity index (χ0v) is 9.94. The average Bonchev–Trinajstić information content (AvgIpc) is 2.56. The fourth-order valence-electron chi connectivity index (χ4n) is 1.92. The molecule has 0 saturated heterocycles. The van der Waals surface area contributed by atoms with Gasteiger partial charge >= 0.3 is 0 Å². The molecule has 0 spiro atoms. The SMILES string of the molecule is BrC1C=Cc2sc3ccccc3c2C1. The number of rotatable bonds is 0. The van der Waals surface area contributed by atoms with Crippen LogP contribution in [0.5, 0.6) is 0 Å². The Morgan fingerprint density at radius 1 is 1.29 bits per heavy atom. The number of allylic oxidation sites excluding steroid dienone is 1. The second-order valence-corrected chi connectivity index (χ2v) is 5.78. The van der Waals surface area contributed by atoms with Crippen molar-refractivity contribution in [2.45, 2.75) is 11.2 Å². The normalized spacial score (nSPS) is 19.9. The average molecular weight is 265 g/mol. The molecular weight excluding hydrogens is 256 g/mol. The first kappa shape index (κ1) is 8.69. The standard InChI is InChI=1S/C12H9BrS/c13-8-5-6-12-10(7-8)9-3-1-2-4-11(9)14-12/h1-6,8H,7H2. The van der Waals surface area contributed by atoms with E-state index in [1.54, 1.807) is 0 Å². The van der Waals surface area contributed by atoms with Crippen LogP contribution in [0.25, 0.3) is 16.2 Å². The Morgan fingerprint density at radius 2 is 2.14 bits per heavy atom. The van der Waals surface area contributed by atoms with Crippen LogP contribution in [0.2, 0.25) is 0 Å². The highest BCUT2D eigenvalue weighted by atomic mass is 79.9. The molecule has 0 nitrogen and oxygen atoms in total. The molecule has 1 aliphatic rings. The molecule has 0 aliphatic heterocycles. The topological polar surface area (TPSA) is 0 Å². The molecule has 1 atom stereocenters. The Labute approximate surface area is 95.4 Å². The summed E-state index contributed by atoms with van der Waals surface area (Å²) in [4.78, 5) is 1.94. The predicted molar refractivity (Wildman–Crippen MR) is 67.3 cm³/mol. The van der Waals surface area contributed by atoms with E-state index in [4.69, 9.17) is 0 Å². The molecule has 1 unspecified atom stereocenters. The van der Waals surface area contributed by atoms with Gasteiger partial charge in [-0.3, -0.25) is 0 Å². The van der Waals surface area contributed by atoms with Crippen LogP contribution in [0.15, 0.2) is 30.3 Å². The maximum atomic E-state index is 3.65. The van der Waals surface area contributed by atoms with Crippen LogP contribution in [-0.2, 0) is 6.42 Å². The second kappa shape index (κ2) is 3.21. The van der Waals surface area contributed by atoms with E-state index in [0.29, 0.717) is 4.83 Å². The molecule has 70 valence electrons. The third-order valence-corrected chi connectivity index (χ3v) is 4.39. The van der Waals surface area contributed by atoms with E-state index in [1.165, 1.54) is 20.5 Å². The highest BCUT2D eigenvalue weighted by molar-refractivity contribution is 9.09. The zero-order valence-electron chi connectivity index (χ0n) is 7.53. The molecule has 14 heavy (non-hydrogen) atoms. The Hall–Kier alpha value is -0.600. The lowest BCUT2D eigenvalue weighted by Crippen LogP contribution is -2.02. The lowest BCUT2D eigenvalue weighted by atomic mass is 10.0.